The van der Waals surface area contributed by atoms with Gasteiger partial charge in [-0.2, -0.15) is 25.5 Å². The Morgan fingerprint density at radius 3 is 1.18 bits per heavy atom. The number of aromatic nitrogens is 19. The fraction of sp³-hybridized carbons (Fsp3) is 0.250. The number of hydrogen-bond donors (Lipinski definition) is 4. The van der Waals surface area contributed by atoms with Crippen molar-refractivity contribution in [2.24, 2.45) is 37.9 Å². The Morgan fingerprint density at radius 2 is 0.806 bits per heavy atom. The molecule has 0 saturated heterocycles. The molecule has 0 radical (unpaired) electrons. The summed E-state index contributed by atoms with van der Waals surface area (Å²) >= 11 is 11.5. The molecule has 26 nitrogen and oxygen atoms in total. The van der Waals surface area contributed by atoms with Crippen molar-refractivity contribution < 1.29 is 0 Å². The summed E-state index contributed by atoms with van der Waals surface area (Å²) in [5.74, 6) is 2.46. The lowest BCUT2D eigenvalue weighted by Crippen LogP contribution is -2.40. The van der Waals surface area contributed by atoms with Crippen molar-refractivity contribution in [3.63, 3.8) is 0 Å². The van der Waals surface area contributed by atoms with Crippen LogP contribution in [-0.4, -0.2) is 91.3 Å². The van der Waals surface area contributed by atoms with E-state index in [0.717, 1.165) is 78.8 Å². The van der Waals surface area contributed by atoms with E-state index in [1.807, 2.05) is 172 Å². The number of fused-ring (bicyclic) bond motifs is 3. The Balaban J connectivity index is 0.000000143. The second-order valence-electron chi connectivity index (χ2n) is 29.3. The van der Waals surface area contributed by atoms with E-state index in [-0.39, 0.29) is 39.3 Å². The maximum absolute atomic E-state index is 13.2. The Kier molecular flexibility index (Phi) is 21.3. The average Bonchev–Trinajstić information content (AvgIpc) is 1.52. The van der Waals surface area contributed by atoms with Crippen LogP contribution in [0, 0.1) is 31.4 Å². The van der Waals surface area contributed by atoms with Crippen molar-refractivity contribution in [3.05, 3.63) is 276 Å². The van der Waals surface area contributed by atoms with E-state index in [9.17, 15) is 14.4 Å². The minimum atomic E-state index is -0.254. The monoisotopic (exact) mass is 1480 g/mol. The maximum Gasteiger partial charge on any atom is 0.331 e. The molecule has 0 aliphatic carbocycles. The summed E-state index contributed by atoms with van der Waals surface area (Å²) in [6.45, 7) is 19.7. The maximum atomic E-state index is 13.2. The molecule has 6 aromatic carbocycles. The van der Waals surface area contributed by atoms with Crippen molar-refractivity contribution in [1.82, 2.24) is 91.3 Å². The molecule has 4 N–H and O–H groups in total. The number of rotatable bonds is 19. The van der Waals surface area contributed by atoms with Gasteiger partial charge < -0.3 is 16.0 Å². The summed E-state index contributed by atoms with van der Waals surface area (Å²) in [5, 5.41) is 44.5. The standard InChI is InChI=1S/C28H28N6OS.C26H29N9O.C26H28N8OS/c1-19(2)17-33-26-24(27(36)32(3)28(33)35)25(30-22-9-5-4-6-10-22)34(31-26)18-20-12-14-21(15-13-20)23-11-7-8-16-29-23;1-26(2,3)15-33-24-21(22(27)32(4)25(33)36)23(30-19-8-6-5-7-9-19)34(31-24)14-18-10-12-20(13-11-18)35-17-28-16-29-35;1-26(2,3)15-32-23-21(24(36)31(4)25(32)35)22(29-19-8-6-5-7-9-19)33(30-23)14-18-10-12-20(13-11-18)34-17-27-16-28-34/h4-16,19,30H,17-18H2,1-3H3;5-13,16-17,27,30H,14-15H2,1-4H3;5-13,16-17,29H,14-15H2,1-4H3. The van der Waals surface area contributed by atoms with Gasteiger partial charge in [0.05, 0.1) is 47.5 Å². The largest absolute Gasteiger partial charge is 0.340 e. The first kappa shape index (κ1) is 73.7. The fourth-order valence-corrected chi connectivity index (χ4v) is 13.1. The van der Waals surface area contributed by atoms with Crippen molar-refractivity contribution in [3.8, 4) is 22.6 Å². The SMILES string of the molecule is CC(C)Cn1c(=O)n(C)c(=S)c2c(Nc3ccccc3)n(Cc3ccc(-c4ccccn4)cc3)nc21.Cn1c(=N)c2c(Nc3ccccc3)n(Cc3ccc(-n4cncn4)cc3)nc2n(CC(C)(C)C)c1=O.Cn1c(=S)c2c(Nc3ccccc3)n(Cc3ccc(-n4cncn4)cc3)nc2n(CC(C)(C)C)c1=O. The van der Waals surface area contributed by atoms with Crippen LogP contribution in [0.4, 0.5) is 34.5 Å². The summed E-state index contributed by atoms with van der Waals surface area (Å²) < 4.78 is 19.5. The normalized spacial score (nSPS) is 11.6. The van der Waals surface area contributed by atoms with E-state index < -0.39 is 0 Å². The van der Waals surface area contributed by atoms with Gasteiger partial charge in [0.15, 0.2) is 16.9 Å². The molecule has 108 heavy (non-hydrogen) atoms. The zero-order valence-electron chi connectivity index (χ0n) is 62.1. The molecule has 0 spiro atoms. The molecule has 0 unspecified atom stereocenters. The molecule has 550 valence electrons. The predicted octanol–water partition coefficient (Wildman–Crippen LogP) is 13.9. The van der Waals surface area contributed by atoms with Crippen LogP contribution >= 0.6 is 24.4 Å². The Labute approximate surface area is 632 Å². The number of nitrogens with zero attached hydrogens (tertiary/aromatic N) is 19. The van der Waals surface area contributed by atoms with Crippen LogP contribution in [0.5, 0.6) is 0 Å². The number of pyridine rings is 1. The molecule has 0 bridgehead atoms. The Hall–Kier alpha value is -12.6. The van der Waals surface area contributed by atoms with E-state index in [4.69, 9.17) is 45.1 Å². The molecule has 0 aliphatic heterocycles. The van der Waals surface area contributed by atoms with Gasteiger partial charge >= 0.3 is 17.1 Å². The van der Waals surface area contributed by atoms with E-state index >= 15 is 0 Å². The number of para-hydroxylation sites is 3. The molecule has 15 aromatic rings. The molecule has 9 aromatic heterocycles. The molecule has 15 rings (SSSR count). The number of anilines is 6. The van der Waals surface area contributed by atoms with Gasteiger partial charge in [-0.25, -0.2) is 47.8 Å². The number of hydrogen-bond acceptors (Lipinski definition) is 17. The fourth-order valence-electron chi connectivity index (χ4n) is 12.6. The minimum absolute atomic E-state index is 0.117. The lowest BCUT2D eigenvalue weighted by atomic mass is 9.97. The van der Waals surface area contributed by atoms with E-state index in [2.05, 4.69) is 121 Å². The third-order valence-electron chi connectivity index (χ3n) is 17.8. The molecule has 9 heterocycles. The van der Waals surface area contributed by atoms with Crippen LogP contribution in [0.3, 0.4) is 0 Å². The Morgan fingerprint density at radius 1 is 0.444 bits per heavy atom. The molecule has 0 fully saturated rings. The van der Waals surface area contributed by atoms with Crippen molar-refractivity contribution in [1.29, 1.82) is 5.41 Å². The molecule has 28 heteroatoms. The van der Waals surface area contributed by atoms with Gasteiger partial charge in [0, 0.05) is 69.6 Å². The highest BCUT2D eigenvalue weighted by atomic mass is 32.1. The number of benzene rings is 6. The van der Waals surface area contributed by atoms with Crippen molar-refractivity contribution >= 4 is 92.1 Å². The van der Waals surface area contributed by atoms with E-state index in [1.54, 1.807) is 63.1 Å². The first-order valence-electron chi connectivity index (χ1n) is 35.3. The topological polar surface area (TPSA) is 268 Å². The highest BCUT2D eigenvalue weighted by Gasteiger charge is 2.27. The minimum Gasteiger partial charge on any atom is -0.340 e. The van der Waals surface area contributed by atoms with Crippen LogP contribution in [-0.2, 0) is 60.4 Å². The van der Waals surface area contributed by atoms with Gasteiger partial charge in [-0.1, -0.05) is 189 Å². The zero-order valence-corrected chi connectivity index (χ0v) is 63.7. The first-order chi connectivity index (χ1) is 51.8. The molecule has 0 amide bonds. The quantitative estimate of drug-likeness (QED) is 0.0548. The van der Waals surface area contributed by atoms with Gasteiger partial charge in [-0.05, 0) is 106 Å². The van der Waals surface area contributed by atoms with Crippen molar-refractivity contribution in [2.75, 3.05) is 16.0 Å². The van der Waals surface area contributed by atoms with Gasteiger partial charge in [0.1, 0.15) is 62.9 Å². The molecular formula is C80H85N23O3S2. The summed E-state index contributed by atoms with van der Waals surface area (Å²) in [6, 6.07) is 59.8. The summed E-state index contributed by atoms with van der Waals surface area (Å²) in [5.41, 5.74) is 10.6. The predicted molar refractivity (Wildman–Crippen MR) is 429 cm³/mol. The van der Waals surface area contributed by atoms with Crippen LogP contribution < -0.4 is 38.5 Å². The summed E-state index contributed by atoms with van der Waals surface area (Å²) in [4.78, 5) is 52.0. The molecular weight excluding hydrogens is 1400 g/mol. The summed E-state index contributed by atoms with van der Waals surface area (Å²) in [7, 11) is 5.08. The lowest BCUT2D eigenvalue weighted by molar-refractivity contribution is 0.336. The van der Waals surface area contributed by atoms with Crippen LogP contribution in [0.2, 0.25) is 0 Å². The van der Waals surface area contributed by atoms with E-state index in [1.165, 1.54) is 26.4 Å². The van der Waals surface area contributed by atoms with Gasteiger partial charge in [-0.15, -0.1) is 0 Å². The zero-order chi connectivity index (χ0) is 76.1. The van der Waals surface area contributed by atoms with Crippen molar-refractivity contribution in [2.45, 2.75) is 94.7 Å². The third kappa shape index (κ3) is 16.3. The smallest absolute Gasteiger partial charge is 0.331 e. The lowest BCUT2D eigenvalue weighted by Gasteiger charge is -2.20. The Bertz CT molecular complexity index is 5790. The second kappa shape index (κ2) is 31.2. The van der Waals surface area contributed by atoms with Gasteiger partial charge in [-0.3, -0.25) is 37.8 Å². The highest BCUT2D eigenvalue weighted by Crippen LogP contribution is 2.33. The third-order valence-corrected chi connectivity index (χ3v) is 18.8. The van der Waals surface area contributed by atoms with Gasteiger partial charge in [0.2, 0.25) is 0 Å². The molecule has 0 saturated carbocycles. The van der Waals surface area contributed by atoms with Crippen LogP contribution in [0.1, 0.15) is 72.1 Å². The molecule has 0 atom stereocenters. The summed E-state index contributed by atoms with van der Waals surface area (Å²) in [6.07, 6.45) is 8.12. The number of nitrogens with one attached hydrogen (secondary N) is 4. The average molecular weight is 1480 g/mol. The molecule has 0 aliphatic rings. The van der Waals surface area contributed by atoms with Crippen LogP contribution in [0.25, 0.3) is 55.7 Å². The van der Waals surface area contributed by atoms with E-state index in [0.29, 0.717) is 76.7 Å². The second-order valence-corrected chi connectivity index (χ2v) is 30.1. The first-order valence-corrected chi connectivity index (χ1v) is 36.2. The highest BCUT2D eigenvalue weighted by molar-refractivity contribution is 7.71. The van der Waals surface area contributed by atoms with Gasteiger partial charge in [0.25, 0.3) is 0 Å². The van der Waals surface area contributed by atoms with Crippen LogP contribution in [0.15, 0.2) is 228 Å².